The normalized spacial score (nSPS) is 13.2. The van der Waals surface area contributed by atoms with Crippen LogP contribution in [-0.2, 0) is 32.5 Å². The van der Waals surface area contributed by atoms with E-state index < -0.39 is 34.3 Å². The Kier molecular flexibility index (Phi) is 9.61. The molecule has 0 radical (unpaired) electrons. The second kappa shape index (κ2) is 12.2. The van der Waals surface area contributed by atoms with Crippen LogP contribution in [0.4, 0.5) is 10.1 Å². The van der Waals surface area contributed by atoms with E-state index in [2.05, 4.69) is 14.8 Å². The zero-order chi connectivity index (χ0) is 24.4. The minimum Gasteiger partial charge on any atom is -0.476 e. The van der Waals surface area contributed by atoms with E-state index in [0.717, 1.165) is 25.5 Å². The van der Waals surface area contributed by atoms with Crippen LogP contribution in [0.5, 0.6) is 5.75 Å². The fourth-order valence-corrected chi connectivity index (χ4v) is 3.82. The molecule has 0 saturated heterocycles. The molecule has 0 aliphatic rings. The molecule has 0 spiro atoms. The van der Waals surface area contributed by atoms with Gasteiger partial charge in [-0.05, 0) is 48.9 Å². The molecule has 33 heavy (non-hydrogen) atoms. The average molecular weight is 482 g/mol. The number of nitrogens with two attached hydrogens (primary N) is 1. The first-order valence-corrected chi connectivity index (χ1v) is 12.1. The Bertz CT molecular complexity index is 1050. The highest BCUT2D eigenvalue weighted by molar-refractivity contribution is 7.88. The molecule has 1 unspecified atom stereocenters. The maximum absolute atomic E-state index is 13.3. The number of rotatable bonds is 13. The van der Waals surface area contributed by atoms with E-state index in [9.17, 15) is 22.4 Å². The predicted molar refractivity (Wildman–Crippen MR) is 122 cm³/mol. The standard InChI is InChI=1S/C22H28FN3O6S/c1-33(30,31)26-18(21(27)25-12-6-5-9-15-7-3-2-4-8-15)14-16-10-11-19(17(24)13-16)32-20(23)22(28)29/h2-4,7-8,10-11,13,18,20,26H,5-6,9,12,14,24H2,1H3,(H,25,27)(H,28,29)/t18-,20?/m0/s1. The summed E-state index contributed by atoms with van der Waals surface area (Å²) in [5, 5.41) is 11.3. The van der Waals surface area contributed by atoms with Crippen LogP contribution in [0.25, 0.3) is 0 Å². The van der Waals surface area contributed by atoms with E-state index in [1.165, 1.54) is 23.8 Å². The number of sulfonamides is 1. The molecule has 2 rings (SSSR count). The lowest BCUT2D eigenvalue weighted by Gasteiger charge is -2.18. The van der Waals surface area contributed by atoms with Gasteiger partial charge in [-0.1, -0.05) is 36.4 Å². The maximum atomic E-state index is 13.3. The number of halogens is 1. The molecule has 0 aliphatic heterocycles. The van der Waals surface area contributed by atoms with Gasteiger partial charge in [-0.15, -0.1) is 0 Å². The van der Waals surface area contributed by atoms with Crippen molar-refractivity contribution in [2.24, 2.45) is 0 Å². The summed E-state index contributed by atoms with van der Waals surface area (Å²) >= 11 is 0. The first-order valence-electron chi connectivity index (χ1n) is 10.3. The van der Waals surface area contributed by atoms with Gasteiger partial charge in [0.05, 0.1) is 11.9 Å². The third kappa shape index (κ3) is 9.46. The number of ether oxygens (including phenoxy) is 1. The lowest BCUT2D eigenvalue weighted by atomic mass is 10.0. The van der Waals surface area contributed by atoms with Gasteiger partial charge in [0.2, 0.25) is 15.9 Å². The van der Waals surface area contributed by atoms with E-state index in [4.69, 9.17) is 10.8 Å². The Morgan fingerprint density at radius 2 is 1.82 bits per heavy atom. The Balaban J connectivity index is 1.95. The van der Waals surface area contributed by atoms with Gasteiger partial charge in [0.25, 0.3) is 0 Å². The van der Waals surface area contributed by atoms with Crippen LogP contribution in [-0.4, -0.2) is 50.6 Å². The molecule has 2 atom stereocenters. The van der Waals surface area contributed by atoms with E-state index >= 15 is 0 Å². The number of carboxylic acids is 1. The van der Waals surface area contributed by atoms with Crippen molar-refractivity contribution < 1.29 is 32.2 Å². The fourth-order valence-electron chi connectivity index (χ4n) is 3.11. The quantitative estimate of drug-likeness (QED) is 0.251. The SMILES string of the molecule is CS(=O)(=O)N[C@@H](Cc1ccc(OC(F)C(=O)O)c(N)c1)C(=O)NCCCCc1ccccc1. The maximum Gasteiger partial charge on any atom is 0.378 e. The number of nitrogens with one attached hydrogen (secondary N) is 2. The lowest BCUT2D eigenvalue weighted by Crippen LogP contribution is -2.47. The summed E-state index contributed by atoms with van der Waals surface area (Å²) < 4.78 is 43.7. The van der Waals surface area contributed by atoms with Gasteiger partial charge < -0.3 is 20.9 Å². The number of hydrogen-bond acceptors (Lipinski definition) is 6. The summed E-state index contributed by atoms with van der Waals surface area (Å²) in [5.74, 6) is -2.46. The summed E-state index contributed by atoms with van der Waals surface area (Å²) in [6.07, 6.45) is 0.802. The number of nitrogen functional groups attached to an aromatic ring is 1. The van der Waals surface area contributed by atoms with Crippen LogP contribution in [0.15, 0.2) is 48.5 Å². The Hall–Kier alpha value is -3.18. The highest BCUT2D eigenvalue weighted by Gasteiger charge is 2.23. The van der Waals surface area contributed by atoms with Gasteiger partial charge in [-0.3, -0.25) is 4.79 Å². The topological polar surface area (TPSA) is 148 Å². The third-order valence-corrected chi connectivity index (χ3v) is 5.36. The number of amides is 1. The Morgan fingerprint density at radius 3 is 2.42 bits per heavy atom. The molecular weight excluding hydrogens is 453 g/mol. The molecule has 11 heteroatoms. The summed E-state index contributed by atoms with van der Waals surface area (Å²) in [4.78, 5) is 23.2. The number of aryl methyl sites for hydroxylation is 1. The molecule has 2 aromatic carbocycles. The summed E-state index contributed by atoms with van der Waals surface area (Å²) in [5.41, 5.74) is 7.42. The Labute approximate surface area is 192 Å². The minimum atomic E-state index is -3.69. The number of hydrogen-bond donors (Lipinski definition) is 4. The molecule has 5 N–H and O–H groups in total. The van der Waals surface area contributed by atoms with Crippen molar-refractivity contribution in [3.63, 3.8) is 0 Å². The second-order valence-corrected chi connectivity index (χ2v) is 9.30. The second-order valence-electron chi connectivity index (χ2n) is 7.52. The van der Waals surface area contributed by atoms with Crippen molar-refractivity contribution in [2.75, 3.05) is 18.5 Å². The molecule has 0 aromatic heterocycles. The van der Waals surface area contributed by atoms with Crippen LogP contribution in [0.2, 0.25) is 0 Å². The Morgan fingerprint density at radius 1 is 1.12 bits per heavy atom. The number of carbonyl (C=O) groups excluding carboxylic acids is 1. The molecule has 180 valence electrons. The predicted octanol–water partition coefficient (Wildman–Crippen LogP) is 1.63. The number of alkyl halides is 1. The molecule has 0 aliphatic carbocycles. The van der Waals surface area contributed by atoms with Crippen molar-refractivity contribution in [1.29, 1.82) is 0 Å². The van der Waals surface area contributed by atoms with Gasteiger partial charge in [-0.25, -0.2) is 17.9 Å². The average Bonchev–Trinajstić information content (AvgIpc) is 2.74. The van der Waals surface area contributed by atoms with Gasteiger partial charge in [0, 0.05) is 6.54 Å². The van der Waals surface area contributed by atoms with E-state index in [0.29, 0.717) is 12.1 Å². The summed E-state index contributed by atoms with van der Waals surface area (Å²) in [7, 11) is -3.69. The highest BCUT2D eigenvalue weighted by atomic mass is 32.2. The van der Waals surface area contributed by atoms with Crippen molar-refractivity contribution in [3.8, 4) is 5.75 Å². The molecule has 0 heterocycles. The zero-order valence-corrected chi connectivity index (χ0v) is 19.0. The van der Waals surface area contributed by atoms with Gasteiger partial charge in [0.1, 0.15) is 11.8 Å². The number of anilines is 1. The smallest absolute Gasteiger partial charge is 0.378 e. The van der Waals surface area contributed by atoms with Crippen molar-refractivity contribution in [3.05, 3.63) is 59.7 Å². The molecule has 0 fully saturated rings. The van der Waals surface area contributed by atoms with Gasteiger partial charge >= 0.3 is 12.3 Å². The van der Waals surface area contributed by atoms with E-state index in [1.54, 1.807) is 0 Å². The monoisotopic (exact) mass is 481 g/mol. The number of unbranched alkanes of at least 4 members (excludes halogenated alkanes) is 1. The summed E-state index contributed by atoms with van der Waals surface area (Å²) in [6.45, 7) is 0.385. The van der Waals surface area contributed by atoms with Crippen LogP contribution in [0, 0.1) is 0 Å². The van der Waals surface area contributed by atoms with Crippen LogP contribution >= 0.6 is 0 Å². The van der Waals surface area contributed by atoms with E-state index in [-0.39, 0.29) is 17.9 Å². The van der Waals surface area contributed by atoms with Crippen molar-refractivity contribution in [1.82, 2.24) is 10.0 Å². The molecule has 0 bridgehead atoms. The number of benzene rings is 2. The van der Waals surface area contributed by atoms with Crippen LogP contribution < -0.4 is 20.5 Å². The molecule has 2 aromatic rings. The molecular formula is C22H28FN3O6S. The third-order valence-electron chi connectivity index (χ3n) is 4.65. The highest BCUT2D eigenvalue weighted by Crippen LogP contribution is 2.25. The minimum absolute atomic E-state index is 0.0224. The van der Waals surface area contributed by atoms with Crippen molar-refractivity contribution >= 4 is 27.6 Å². The number of carbonyl (C=O) groups is 2. The number of carboxylic acid groups (broad SMARTS) is 1. The summed E-state index contributed by atoms with van der Waals surface area (Å²) in [6, 6.07) is 12.9. The van der Waals surface area contributed by atoms with Gasteiger partial charge in [-0.2, -0.15) is 4.39 Å². The largest absolute Gasteiger partial charge is 0.476 e. The van der Waals surface area contributed by atoms with E-state index in [1.807, 2.05) is 30.3 Å². The fraction of sp³-hybridized carbons (Fsp3) is 0.364. The number of aliphatic carboxylic acids is 1. The van der Waals surface area contributed by atoms with Crippen LogP contribution in [0.1, 0.15) is 24.0 Å². The molecule has 0 saturated carbocycles. The van der Waals surface area contributed by atoms with Crippen molar-refractivity contribution in [2.45, 2.75) is 38.1 Å². The lowest BCUT2D eigenvalue weighted by molar-refractivity contribution is -0.153. The van der Waals surface area contributed by atoms with Crippen LogP contribution in [0.3, 0.4) is 0 Å². The molecule has 1 amide bonds. The first-order chi connectivity index (χ1) is 15.5. The zero-order valence-electron chi connectivity index (χ0n) is 18.2. The molecule has 9 nitrogen and oxygen atoms in total. The van der Waals surface area contributed by atoms with Gasteiger partial charge in [0.15, 0.2) is 0 Å². The first kappa shape index (κ1) is 26.1.